The Morgan fingerprint density at radius 3 is 2.52 bits per heavy atom. The number of carboxylic acid groups (broad SMARTS) is 1. The van der Waals surface area contributed by atoms with Gasteiger partial charge in [-0.2, -0.15) is 0 Å². The molecule has 1 heterocycles. The summed E-state index contributed by atoms with van der Waals surface area (Å²) >= 11 is 0. The second kappa shape index (κ2) is 5.73. The number of hydrogen-bond donors (Lipinski definition) is 1. The van der Waals surface area contributed by atoms with E-state index in [1.165, 1.54) is 37.6 Å². The first-order chi connectivity index (χ1) is 11.2. The number of aromatic nitrogens is 1. The molecule has 1 aromatic heterocycles. The lowest BCUT2D eigenvalue weighted by Gasteiger charge is -2.23. The van der Waals surface area contributed by atoms with Gasteiger partial charge in [0.1, 0.15) is 0 Å². The van der Waals surface area contributed by atoms with Crippen LogP contribution in [0.15, 0.2) is 42.5 Å². The topological polar surface area (TPSA) is 42.2 Å². The van der Waals surface area contributed by atoms with Crippen molar-refractivity contribution in [1.29, 1.82) is 0 Å². The third-order valence-electron chi connectivity index (χ3n) is 5.18. The molecule has 0 bridgehead atoms. The number of para-hydroxylation sites is 1. The highest BCUT2D eigenvalue weighted by Crippen LogP contribution is 2.33. The Hall–Kier alpha value is -2.29. The second-order valence-electron chi connectivity index (χ2n) is 6.67. The van der Waals surface area contributed by atoms with Crippen LogP contribution in [0.4, 0.5) is 0 Å². The summed E-state index contributed by atoms with van der Waals surface area (Å²) in [5.41, 5.74) is 2.73. The minimum absolute atomic E-state index is 0.359. The van der Waals surface area contributed by atoms with Gasteiger partial charge < -0.3 is 9.67 Å². The Morgan fingerprint density at radius 2 is 1.74 bits per heavy atom. The zero-order valence-electron chi connectivity index (χ0n) is 13.2. The predicted molar refractivity (Wildman–Crippen MR) is 93.0 cm³/mol. The fourth-order valence-electron chi connectivity index (χ4n) is 4.01. The van der Waals surface area contributed by atoms with Gasteiger partial charge in [-0.15, -0.1) is 0 Å². The van der Waals surface area contributed by atoms with Gasteiger partial charge >= 0.3 is 5.97 Å². The van der Waals surface area contributed by atoms with Crippen LogP contribution in [0.1, 0.15) is 42.5 Å². The van der Waals surface area contributed by atoms with Gasteiger partial charge in [-0.1, -0.05) is 37.5 Å². The van der Waals surface area contributed by atoms with Gasteiger partial charge in [0.25, 0.3) is 0 Å². The van der Waals surface area contributed by atoms with Gasteiger partial charge in [-0.05, 0) is 43.0 Å². The Labute approximate surface area is 135 Å². The molecule has 23 heavy (non-hydrogen) atoms. The molecule has 0 saturated heterocycles. The maximum atomic E-state index is 11.3. The fourth-order valence-corrected chi connectivity index (χ4v) is 4.01. The van der Waals surface area contributed by atoms with Crippen molar-refractivity contribution in [3.63, 3.8) is 0 Å². The van der Waals surface area contributed by atoms with Crippen molar-refractivity contribution in [2.24, 2.45) is 5.92 Å². The number of carboxylic acids is 1. The largest absolute Gasteiger partial charge is 0.478 e. The molecule has 118 valence electrons. The molecule has 3 nitrogen and oxygen atoms in total. The standard InChI is InChI=1S/C20H21NO2/c22-20(23)15-10-11-19-17(12-15)16-8-4-5-9-18(16)21(19)13-14-6-2-1-3-7-14/h4-5,8-12,14H,1-3,6-7,13H2,(H,22,23). The summed E-state index contributed by atoms with van der Waals surface area (Å²) in [6.07, 6.45) is 6.66. The molecule has 1 aliphatic rings. The monoisotopic (exact) mass is 307 g/mol. The summed E-state index contributed by atoms with van der Waals surface area (Å²) in [7, 11) is 0. The van der Waals surface area contributed by atoms with Crippen LogP contribution in [0.5, 0.6) is 0 Å². The van der Waals surface area contributed by atoms with E-state index in [1.54, 1.807) is 6.07 Å². The van der Waals surface area contributed by atoms with Gasteiger partial charge in [0.2, 0.25) is 0 Å². The first kappa shape index (κ1) is 14.3. The molecule has 1 fully saturated rings. The summed E-state index contributed by atoms with van der Waals surface area (Å²) in [5, 5.41) is 11.5. The molecular weight excluding hydrogens is 286 g/mol. The van der Waals surface area contributed by atoms with Gasteiger partial charge in [-0.3, -0.25) is 0 Å². The van der Waals surface area contributed by atoms with Crippen molar-refractivity contribution < 1.29 is 9.90 Å². The Balaban J connectivity index is 1.88. The van der Waals surface area contributed by atoms with Gasteiger partial charge in [0, 0.05) is 28.4 Å². The molecule has 0 radical (unpaired) electrons. The number of hydrogen-bond acceptors (Lipinski definition) is 1. The van der Waals surface area contributed by atoms with E-state index < -0.39 is 5.97 Å². The number of aromatic carboxylic acids is 1. The summed E-state index contributed by atoms with van der Waals surface area (Å²) in [5.74, 6) is -0.127. The SMILES string of the molecule is O=C(O)c1ccc2c(c1)c1ccccc1n2CC1CCCCC1. The average molecular weight is 307 g/mol. The highest BCUT2D eigenvalue weighted by molar-refractivity contribution is 6.10. The summed E-state index contributed by atoms with van der Waals surface area (Å²) in [6, 6.07) is 13.9. The smallest absolute Gasteiger partial charge is 0.335 e. The third kappa shape index (κ3) is 2.50. The average Bonchev–Trinajstić information content (AvgIpc) is 2.90. The van der Waals surface area contributed by atoms with Crippen LogP contribution in [0.2, 0.25) is 0 Å². The molecule has 1 saturated carbocycles. The van der Waals surface area contributed by atoms with E-state index in [-0.39, 0.29) is 0 Å². The number of nitrogens with zero attached hydrogens (tertiary/aromatic N) is 1. The highest BCUT2D eigenvalue weighted by atomic mass is 16.4. The van der Waals surface area contributed by atoms with E-state index in [4.69, 9.17) is 0 Å². The van der Waals surface area contributed by atoms with Crippen molar-refractivity contribution in [3.05, 3.63) is 48.0 Å². The lowest BCUT2D eigenvalue weighted by molar-refractivity contribution is 0.0697. The number of fused-ring (bicyclic) bond motifs is 3. The number of carbonyl (C=O) groups is 1. The summed E-state index contributed by atoms with van der Waals surface area (Å²) in [4.78, 5) is 11.3. The Kier molecular flexibility index (Phi) is 3.56. The van der Waals surface area contributed by atoms with E-state index in [2.05, 4.69) is 22.8 Å². The van der Waals surface area contributed by atoms with E-state index in [0.29, 0.717) is 5.56 Å². The van der Waals surface area contributed by atoms with Crippen molar-refractivity contribution in [2.45, 2.75) is 38.6 Å². The van der Waals surface area contributed by atoms with Crippen LogP contribution in [-0.2, 0) is 6.54 Å². The van der Waals surface area contributed by atoms with Crippen molar-refractivity contribution >= 4 is 27.8 Å². The van der Waals surface area contributed by atoms with Crippen molar-refractivity contribution in [1.82, 2.24) is 4.57 Å². The van der Waals surface area contributed by atoms with E-state index in [0.717, 1.165) is 28.8 Å². The molecule has 3 aromatic rings. The minimum atomic E-state index is -0.865. The van der Waals surface area contributed by atoms with Gasteiger partial charge in [-0.25, -0.2) is 4.79 Å². The first-order valence-electron chi connectivity index (χ1n) is 8.48. The van der Waals surface area contributed by atoms with Crippen LogP contribution in [-0.4, -0.2) is 15.6 Å². The molecule has 2 aromatic carbocycles. The zero-order chi connectivity index (χ0) is 15.8. The normalized spacial score (nSPS) is 16.2. The molecular formula is C20H21NO2. The minimum Gasteiger partial charge on any atom is -0.478 e. The van der Waals surface area contributed by atoms with Crippen molar-refractivity contribution in [3.8, 4) is 0 Å². The number of rotatable bonds is 3. The maximum Gasteiger partial charge on any atom is 0.335 e. The molecule has 1 aliphatic carbocycles. The lowest BCUT2D eigenvalue weighted by Crippen LogP contribution is -2.13. The third-order valence-corrected chi connectivity index (χ3v) is 5.18. The predicted octanol–water partition coefficient (Wildman–Crippen LogP) is 5.07. The van der Waals surface area contributed by atoms with Gasteiger partial charge in [0.15, 0.2) is 0 Å². The quantitative estimate of drug-likeness (QED) is 0.733. The molecule has 0 amide bonds. The molecule has 1 N–H and O–H groups in total. The summed E-state index contributed by atoms with van der Waals surface area (Å²) < 4.78 is 2.40. The molecule has 0 atom stereocenters. The molecule has 0 unspecified atom stereocenters. The molecule has 0 spiro atoms. The van der Waals surface area contributed by atoms with E-state index in [1.807, 2.05) is 18.2 Å². The van der Waals surface area contributed by atoms with Crippen LogP contribution in [0.25, 0.3) is 21.8 Å². The van der Waals surface area contributed by atoms with Crippen LogP contribution in [0, 0.1) is 5.92 Å². The Bertz CT molecular complexity index is 872. The van der Waals surface area contributed by atoms with Gasteiger partial charge in [0.05, 0.1) is 5.56 Å². The van der Waals surface area contributed by atoms with E-state index in [9.17, 15) is 9.90 Å². The fraction of sp³-hybridized carbons (Fsp3) is 0.350. The first-order valence-corrected chi connectivity index (χ1v) is 8.48. The van der Waals surface area contributed by atoms with Crippen LogP contribution < -0.4 is 0 Å². The van der Waals surface area contributed by atoms with E-state index >= 15 is 0 Å². The Morgan fingerprint density at radius 1 is 1.00 bits per heavy atom. The number of benzene rings is 2. The second-order valence-corrected chi connectivity index (χ2v) is 6.67. The molecule has 0 aliphatic heterocycles. The maximum absolute atomic E-state index is 11.3. The highest BCUT2D eigenvalue weighted by Gasteiger charge is 2.18. The van der Waals surface area contributed by atoms with Crippen LogP contribution in [0.3, 0.4) is 0 Å². The zero-order valence-corrected chi connectivity index (χ0v) is 13.2. The molecule has 3 heteroatoms. The molecule has 4 rings (SSSR count). The van der Waals surface area contributed by atoms with Crippen LogP contribution >= 0.6 is 0 Å². The summed E-state index contributed by atoms with van der Waals surface area (Å²) in [6.45, 7) is 1.04. The lowest BCUT2D eigenvalue weighted by atomic mass is 9.89. The van der Waals surface area contributed by atoms with Crippen molar-refractivity contribution in [2.75, 3.05) is 0 Å².